The number of anilines is 1. The van der Waals surface area contributed by atoms with Crippen LogP contribution in [0.5, 0.6) is 0 Å². The Kier molecular flexibility index (Phi) is 6.08. The molecule has 1 N–H and O–H groups in total. The molecule has 0 saturated heterocycles. The van der Waals surface area contributed by atoms with Crippen LogP contribution in [0.3, 0.4) is 0 Å². The minimum atomic E-state index is -4.61. The number of thiazole rings is 1. The number of para-hydroxylation sites is 1. The molecule has 0 unspecified atom stereocenters. The molecule has 0 fully saturated rings. The average molecular weight is 429 g/mol. The van der Waals surface area contributed by atoms with E-state index >= 15 is 0 Å². The summed E-state index contributed by atoms with van der Waals surface area (Å²) in [5, 5.41) is 3.96. The lowest BCUT2D eigenvalue weighted by molar-refractivity contribution is -0.137. The predicted octanol–water partition coefficient (Wildman–Crippen LogP) is 6.21. The first-order valence-corrected chi connectivity index (χ1v) is 9.88. The van der Waals surface area contributed by atoms with E-state index in [2.05, 4.69) is 10.3 Å². The maximum atomic E-state index is 13.1. The monoisotopic (exact) mass is 428 g/mol. The maximum Gasteiger partial charge on any atom is 0.418 e. The van der Waals surface area contributed by atoms with Crippen molar-refractivity contribution in [3.8, 4) is 11.3 Å². The number of nitrogens with zero attached hydrogens (tertiary/aromatic N) is 1. The first-order valence-electron chi connectivity index (χ1n) is 7.64. The summed E-state index contributed by atoms with van der Waals surface area (Å²) >= 11 is 8.36. The van der Waals surface area contributed by atoms with Crippen LogP contribution in [-0.4, -0.2) is 16.6 Å². The van der Waals surface area contributed by atoms with Crippen molar-refractivity contribution >= 4 is 46.3 Å². The van der Waals surface area contributed by atoms with Gasteiger partial charge >= 0.3 is 6.18 Å². The standard InChI is InChI=1S/C18H12ClF3N2OS2/c19-13-8-4-7-12(18(20,21)22)16(13)24-15(25)10-27-17-23-14(9-26-17)11-5-2-1-3-6-11/h1-9H,10H2,(H,24,25). The van der Waals surface area contributed by atoms with Gasteiger partial charge in [0.2, 0.25) is 5.91 Å². The number of nitrogens with one attached hydrogen (secondary N) is 1. The third-order valence-electron chi connectivity index (χ3n) is 3.46. The van der Waals surface area contributed by atoms with E-state index in [4.69, 9.17) is 11.6 Å². The van der Waals surface area contributed by atoms with Crippen LogP contribution in [0, 0.1) is 0 Å². The minimum absolute atomic E-state index is 0.0791. The van der Waals surface area contributed by atoms with E-state index in [0.29, 0.717) is 4.34 Å². The molecule has 1 aromatic heterocycles. The van der Waals surface area contributed by atoms with E-state index in [1.807, 2.05) is 35.7 Å². The van der Waals surface area contributed by atoms with Crippen molar-refractivity contribution in [1.82, 2.24) is 4.98 Å². The molecule has 2 aromatic carbocycles. The topological polar surface area (TPSA) is 42.0 Å². The third-order valence-corrected chi connectivity index (χ3v) is 5.80. The van der Waals surface area contributed by atoms with Gasteiger partial charge in [0.1, 0.15) is 0 Å². The summed E-state index contributed by atoms with van der Waals surface area (Å²) in [6, 6.07) is 12.9. The molecule has 27 heavy (non-hydrogen) atoms. The number of benzene rings is 2. The van der Waals surface area contributed by atoms with Crippen LogP contribution >= 0.6 is 34.7 Å². The molecule has 1 heterocycles. The van der Waals surface area contributed by atoms with Gasteiger partial charge < -0.3 is 5.32 Å². The van der Waals surface area contributed by atoms with Crippen LogP contribution in [0.4, 0.5) is 18.9 Å². The Morgan fingerprint density at radius 2 is 1.89 bits per heavy atom. The number of carbonyl (C=O) groups is 1. The normalized spacial score (nSPS) is 11.4. The Morgan fingerprint density at radius 3 is 2.59 bits per heavy atom. The smallest absolute Gasteiger partial charge is 0.324 e. The minimum Gasteiger partial charge on any atom is -0.324 e. The molecule has 3 aromatic rings. The lowest BCUT2D eigenvalue weighted by Crippen LogP contribution is -2.18. The SMILES string of the molecule is O=C(CSc1nc(-c2ccccc2)cs1)Nc1c(Cl)cccc1C(F)(F)F. The van der Waals surface area contributed by atoms with Crippen LogP contribution in [0.25, 0.3) is 11.3 Å². The molecular formula is C18H12ClF3N2OS2. The van der Waals surface area contributed by atoms with Crippen molar-refractivity contribution < 1.29 is 18.0 Å². The highest BCUT2D eigenvalue weighted by Gasteiger charge is 2.34. The Balaban J connectivity index is 1.66. The number of amides is 1. The van der Waals surface area contributed by atoms with E-state index in [-0.39, 0.29) is 10.8 Å². The highest BCUT2D eigenvalue weighted by Crippen LogP contribution is 2.38. The zero-order valence-corrected chi connectivity index (χ0v) is 16.0. The van der Waals surface area contributed by atoms with E-state index in [0.717, 1.165) is 29.1 Å². The van der Waals surface area contributed by atoms with Gasteiger partial charge in [-0.05, 0) is 12.1 Å². The van der Waals surface area contributed by atoms with Crippen molar-refractivity contribution in [2.75, 3.05) is 11.1 Å². The third kappa shape index (κ3) is 5.03. The summed E-state index contributed by atoms with van der Waals surface area (Å²) in [6.07, 6.45) is -4.61. The molecule has 0 atom stereocenters. The Bertz CT molecular complexity index is 945. The largest absolute Gasteiger partial charge is 0.418 e. The second kappa shape index (κ2) is 8.33. The average Bonchev–Trinajstić information content (AvgIpc) is 3.10. The summed E-state index contributed by atoms with van der Waals surface area (Å²) in [4.78, 5) is 16.5. The van der Waals surface area contributed by atoms with Crippen molar-refractivity contribution in [3.63, 3.8) is 0 Å². The fraction of sp³-hybridized carbons (Fsp3) is 0.111. The number of rotatable bonds is 5. The number of hydrogen-bond acceptors (Lipinski definition) is 4. The molecule has 0 spiro atoms. The number of aromatic nitrogens is 1. The number of thioether (sulfide) groups is 1. The van der Waals surface area contributed by atoms with Crippen LogP contribution in [-0.2, 0) is 11.0 Å². The maximum absolute atomic E-state index is 13.1. The van der Waals surface area contributed by atoms with Crippen LogP contribution in [0.2, 0.25) is 5.02 Å². The van der Waals surface area contributed by atoms with Crippen molar-refractivity contribution in [2.45, 2.75) is 10.5 Å². The Hall–Kier alpha value is -2.03. The number of carbonyl (C=O) groups excluding carboxylic acids is 1. The van der Waals surface area contributed by atoms with E-state index in [1.54, 1.807) is 0 Å². The van der Waals surface area contributed by atoms with Crippen molar-refractivity contribution in [3.05, 3.63) is 64.5 Å². The summed E-state index contributed by atoms with van der Waals surface area (Å²) < 4.78 is 39.9. The molecule has 0 aliphatic carbocycles. The summed E-state index contributed by atoms with van der Waals surface area (Å²) in [5.41, 5.74) is 0.334. The van der Waals surface area contributed by atoms with E-state index in [1.165, 1.54) is 23.5 Å². The zero-order valence-electron chi connectivity index (χ0n) is 13.6. The van der Waals surface area contributed by atoms with Gasteiger partial charge in [0.25, 0.3) is 0 Å². The first-order chi connectivity index (χ1) is 12.8. The van der Waals surface area contributed by atoms with Crippen molar-refractivity contribution in [2.24, 2.45) is 0 Å². The molecule has 0 radical (unpaired) electrons. The highest BCUT2D eigenvalue weighted by molar-refractivity contribution is 8.01. The Labute approximate surface area is 166 Å². The second-order valence-corrected chi connectivity index (χ2v) is 7.85. The molecule has 9 heteroatoms. The van der Waals surface area contributed by atoms with Gasteiger partial charge in [-0.25, -0.2) is 4.98 Å². The summed E-state index contributed by atoms with van der Waals surface area (Å²) in [7, 11) is 0. The van der Waals surface area contributed by atoms with Gasteiger partial charge in [0.05, 0.1) is 27.7 Å². The molecule has 140 valence electrons. The van der Waals surface area contributed by atoms with Crippen LogP contribution < -0.4 is 5.32 Å². The Morgan fingerprint density at radius 1 is 1.15 bits per heavy atom. The lowest BCUT2D eigenvalue weighted by Gasteiger charge is -2.14. The van der Waals surface area contributed by atoms with Crippen LogP contribution in [0.15, 0.2) is 58.3 Å². The molecule has 0 aliphatic heterocycles. The first kappa shape index (κ1) is 19.7. The quantitative estimate of drug-likeness (QED) is 0.491. The molecule has 1 amide bonds. The fourth-order valence-electron chi connectivity index (χ4n) is 2.26. The molecule has 0 bridgehead atoms. The van der Waals surface area contributed by atoms with E-state index in [9.17, 15) is 18.0 Å². The zero-order chi connectivity index (χ0) is 19.4. The molecule has 3 nitrogen and oxygen atoms in total. The number of alkyl halides is 3. The van der Waals surface area contributed by atoms with Gasteiger partial charge in [-0.2, -0.15) is 13.2 Å². The summed E-state index contributed by atoms with van der Waals surface area (Å²) in [5.74, 6) is -0.667. The van der Waals surface area contributed by atoms with Gasteiger partial charge in [0, 0.05) is 10.9 Å². The van der Waals surface area contributed by atoms with E-state index < -0.39 is 23.3 Å². The second-order valence-electron chi connectivity index (χ2n) is 5.36. The van der Waals surface area contributed by atoms with Crippen LogP contribution in [0.1, 0.15) is 5.56 Å². The van der Waals surface area contributed by atoms with Gasteiger partial charge in [-0.1, -0.05) is 59.8 Å². The highest BCUT2D eigenvalue weighted by atomic mass is 35.5. The molecule has 3 rings (SSSR count). The van der Waals surface area contributed by atoms with Gasteiger partial charge in [0.15, 0.2) is 4.34 Å². The molecule has 0 aliphatic rings. The molecule has 0 saturated carbocycles. The van der Waals surface area contributed by atoms with Crippen molar-refractivity contribution in [1.29, 1.82) is 0 Å². The number of hydrogen-bond donors (Lipinski definition) is 1. The number of halogens is 4. The fourth-order valence-corrected chi connectivity index (χ4v) is 4.11. The molecular weight excluding hydrogens is 417 g/mol. The summed E-state index contributed by atoms with van der Waals surface area (Å²) in [6.45, 7) is 0. The lowest BCUT2D eigenvalue weighted by atomic mass is 10.1. The predicted molar refractivity (Wildman–Crippen MR) is 103 cm³/mol. The van der Waals surface area contributed by atoms with Gasteiger partial charge in [-0.3, -0.25) is 4.79 Å². The van der Waals surface area contributed by atoms with Gasteiger partial charge in [-0.15, -0.1) is 11.3 Å².